The minimum Gasteiger partial charge on any atom is -0.441 e. The highest BCUT2D eigenvalue weighted by Crippen LogP contribution is 2.28. The summed E-state index contributed by atoms with van der Waals surface area (Å²) in [5, 5.41) is 4.44. The molecule has 4 aromatic rings. The average molecular weight is 378 g/mol. The maximum Gasteiger partial charge on any atom is 0.224 e. The highest BCUT2D eigenvalue weighted by Gasteiger charge is 2.11. The van der Waals surface area contributed by atoms with Crippen molar-refractivity contribution in [3.05, 3.63) is 77.9 Å². The number of nitrogens with one attached hydrogen (secondary N) is 1. The molecule has 27 heavy (non-hydrogen) atoms. The van der Waals surface area contributed by atoms with Gasteiger partial charge in [0.1, 0.15) is 0 Å². The predicted molar refractivity (Wildman–Crippen MR) is 106 cm³/mol. The molecule has 5 nitrogen and oxygen atoms in total. The van der Waals surface area contributed by atoms with Gasteiger partial charge in [0.15, 0.2) is 11.7 Å². The minimum absolute atomic E-state index is 0.121. The van der Waals surface area contributed by atoms with E-state index in [2.05, 4.69) is 15.3 Å². The number of aryl methyl sites for hydroxylation is 1. The fourth-order valence-corrected chi connectivity index (χ4v) is 3.02. The molecule has 0 radical (unpaired) electrons. The molecule has 134 valence electrons. The van der Waals surface area contributed by atoms with Gasteiger partial charge in [0.25, 0.3) is 0 Å². The number of halogens is 1. The number of rotatable bonds is 5. The van der Waals surface area contributed by atoms with Crippen molar-refractivity contribution in [3.8, 4) is 11.3 Å². The third-order valence-corrected chi connectivity index (χ3v) is 4.46. The van der Waals surface area contributed by atoms with Crippen molar-refractivity contribution in [2.45, 2.75) is 12.8 Å². The number of para-hydroxylation sites is 1. The molecule has 0 fully saturated rings. The molecule has 1 N–H and O–H groups in total. The zero-order valence-electron chi connectivity index (χ0n) is 14.4. The third-order valence-electron chi connectivity index (χ3n) is 4.13. The highest BCUT2D eigenvalue weighted by molar-refractivity contribution is 6.33. The van der Waals surface area contributed by atoms with Gasteiger partial charge in [-0.1, -0.05) is 41.9 Å². The highest BCUT2D eigenvalue weighted by atomic mass is 35.5. The minimum atomic E-state index is -0.121. The number of carbonyl (C=O) groups is 1. The molecule has 0 aliphatic carbocycles. The summed E-state index contributed by atoms with van der Waals surface area (Å²) in [5.74, 6) is 0.969. The normalized spacial score (nSPS) is 10.9. The number of oxazole rings is 1. The third kappa shape index (κ3) is 3.99. The van der Waals surface area contributed by atoms with Crippen molar-refractivity contribution in [2.75, 3.05) is 5.32 Å². The van der Waals surface area contributed by atoms with E-state index < -0.39 is 0 Å². The molecule has 1 amide bonds. The van der Waals surface area contributed by atoms with Crippen molar-refractivity contribution >= 4 is 34.1 Å². The second-order valence-corrected chi connectivity index (χ2v) is 6.47. The van der Waals surface area contributed by atoms with Crippen molar-refractivity contribution in [1.29, 1.82) is 0 Å². The van der Waals surface area contributed by atoms with Gasteiger partial charge in [-0.3, -0.25) is 9.78 Å². The standard InChI is InChI=1S/C21H16ClN3O2/c22-17-7-3-2-6-16(17)19-13-24-21(27-19)10-9-20(26)25-15-11-14-5-1-4-8-18(14)23-12-15/h1-8,11-13H,9-10H2,(H,25,26). The van der Waals surface area contributed by atoms with Crippen LogP contribution in [0.4, 0.5) is 5.69 Å². The fraction of sp³-hybridized carbons (Fsp3) is 0.0952. The van der Waals surface area contributed by atoms with Crippen molar-refractivity contribution in [3.63, 3.8) is 0 Å². The van der Waals surface area contributed by atoms with E-state index in [0.29, 0.717) is 28.8 Å². The fourth-order valence-electron chi connectivity index (χ4n) is 2.79. The smallest absolute Gasteiger partial charge is 0.224 e. The first-order chi connectivity index (χ1) is 13.2. The van der Waals surface area contributed by atoms with Gasteiger partial charge in [0.2, 0.25) is 5.91 Å². The van der Waals surface area contributed by atoms with Crippen LogP contribution in [0.2, 0.25) is 5.02 Å². The topological polar surface area (TPSA) is 68.0 Å². The van der Waals surface area contributed by atoms with Gasteiger partial charge < -0.3 is 9.73 Å². The van der Waals surface area contributed by atoms with Gasteiger partial charge in [-0.25, -0.2) is 4.98 Å². The Balaban J connectivity index is 1.38. The van der Waals surface area contributed by atoms with E-state index in [1.165, 1.54) is 0 Å². The lowest BCUT2D eigenvalue weighted by Gasteiger charge is -2.05. The van der Waals surface area contributed by atoms with Gasteiger partial charge in [-0.05, 0) is 24.3 Å². The van der Waals surface area contributed by atoms with Crippen LogP contribution in [-0.4, -0.2) is 15.9 Å². The number of hydrogen-bond donors (Lipinski definition) is 1. The van der Waals surface area contributed by atoms with Crippen LogP contribution in [0.1, 0.15) is 12.3 Å². The van der Waals surface area contributed by atoms with Gasteiger partial charge in [-0.15, -0.1) is 0 Å². The number of fused-ring (bicyclic) bond motifs is 1. The molecular weight excluding hydrogens is 362 g/mol. The van der Waals surface area contributed by atoms with Crippen LogP contribution in [0.25, 0.3) is 22.2 Å². The van der Waals surface area contributed by atoms with Crippen LogP contribution in [0.15, 0.2) is 71.4 Å². The number of pyridine rings is 1. The van der Waals surface area contributed by atoms with E-state index in [9.17, 15) is 4.79 Å². The summed E-state index contributed by atoms with van der Waals surface area (Å²) in [4.78, 5) is 20.8. The molecule has 0 unspecified atom stereocenters. The molecule has 0 aliphatic heterocycles. The molecule has 0 aliphatic rings. The SMILES string of the molecule is O=C(CCc1ncc(-c2ccccc2Cl)o1)Nc1cnc2ccccc2c1. The number of benzene rings is 2. The first kappa shape index (κ1) is 17.2. The van der Waals surface area contributed by atoms with Crippen LogP contribution in [0.3, 0.4) is 0 Å². The number of hydrogen-bond acceptors (Lipinski definition) is 4. The van der Waals surface area contributed by atoms with E-state index in [0.717, 1.165) is 16.5 Å². The first-order valence-corrected chi connectivity index (χ1v) is 8.91. The number of carbonyl (C=O) groups excluding carboxylic acids is 1. The molecular formula is C21H16ClN3O2. The molecule has 2 aromatic heterocycles. The molecule has 0 bridgehead atoms. The van der Waals surface area contributed by atoms with Crippen LogP contribution >= 0.6 is 11.6 Å². The Morgan fingerprint density at radius 1 is 1.04 bits per heavy atom. The van der Waals surface area contributed by atoms with E-state index in [-0.39, 0.29) is 12.3 Å². The first-order valence-electron chi connectivity index (χ1n) is 8.53. The zero-order chi connectivity index (χ0) is 18.6. The lowest BCUT2D eigenvalue weighted by molar-refractivity contribution is -0.116. The van der Waals surface area contributed by atoms with Crippen LogP contribution in [0, 0.1) is 0 Å². The van der Waals surface area contributed by atoms with E-state index in [4.69, 9.17) is 16.0 Å². The lowest BCUT2D eigenvalue weighted by atomic mass is 10.2. The van der Waals surface area contributed by atoms with Crippen molar-refractivity contribution in [2.24, 2.45) is 0 Å². The van der Waals surface area contributed by atoms with Crippen LogP contribution < -0.4 is 5.32 Å². The molecule has 0 atom stereocenters. The van der Waals surface area contributed by atoms with Crippen LogP contribution in [0.5, 0.6) is 0 Å². The molecule has 0 spiro atoms. The lowest BCUT2D eigenvalue weighted by Crippen LogP contribution is -2.12. The Morgan fingerprint density at radius 2 is 1.85 bits per heavy atom. The summed E-state index contributed by atoms with van der Waals surface area (Å²) in [6, 6.07) is 17.1. The Kier molecular flexibility index (Phi) is 4.85. The van der Waals surface area contributed by atoms with E-state index >= 15 is 0 Å². The van der Waals surface area contributed by atoms with Crippen molar-refractivity contribution in [1.82, 2.24) is 9.97 Å². The molecule has 4 rings (SSSR count). The molecule has 2 heterocycles. The number of anilines is 1. The monoisotopic (exact) mass is 377 g/mol. The molecule has 6 heteroatoms. The maximum absolute atomic E-state index is 12.2. The van der Waals surface area contributed by atoms with Gasteiger partial charge >= 0.3 is 0 Å². The van der Waals surface area contributed by atoms with Gasteiger partial charge in [0.05, 0.1) is 28.6 Å². The quantitative estimate of drug-likeness (QED) is 0.524. The Hall–Kier alpha value is -3.18. The van der Waals surface area contributed by atoms with Gasteiger partial charge in [-0.2, -0.15) is 0 Å². The average Bonchev–Trinajstić information content (AvgIpc) is 3.15. The second kappa shape index (κ2) is 7.60. The Bertz CT molecular complexity index is 1110. The predicted octanol–water partition coefficient (Wildman–Crippen LogP) is 5.11. The molecule has 2 aromatic carbocycles. The number of nitrogens with zero attached hydrogens (tertiary/aromatic N) is 2. The molecule has 0 saturated heterocycles. The second-order valence-electron chi connectivity index (χ2n) is 6.06. The summed E-state index contributed by atoms with van der Waals surface area (Å²) in [5.41, 5.74) is 2.34. The Morgan fingerprint density at radius 3 is 2.74 bits per heavy atom. The van der Waals surface area contributed by atoms with Crippen LogP contribution in [-0.2, 0) is 11.2 Å². The summed E-state index contributed by atoms with van der Waals surface area (Å²) >= 11 is 6.17. The van der Waals surface area contributed by atoms with Crippen molar-refractivity contribution < 1.29 is 9.21 Å². The largest absolute Gasteiger partial charge is 0.441 e. The molecule has 0 saturated carbocycles. The summed E-state index contributed by atoms with van der Waals surface area (Å²) in [7, 11) is 0. The van der Waals surface area contributed by atoms with E-state index in [1.54, 1.807) is 18.5 Å². The summed E-state index contributed by atoms with van der Waals surface area (Å²) in [6.07, 6.45) is 3.94. The summed E-state index contributed by atoms with van der Waals surface area (Å²) in [6.45, 7) is 0. The maximum atomic E-state index is 12.2. The van der Waals surface area contributed by atoms with E-state index in [1.807, 2.05) is 48.5 Å². The zero-order valence-corrected chi connectivity index (χ0v) is 15.1. The van der Waals surface area contributed by atoms with Gasteiger partial charge in [0, 0.05) is 23.8 Å². The Labute approximate surface area is 161 Å². The number of aromatic nitrogens is 2. The summed E-state index contributed by atoms with van der Waals surface area (Å²) < 4.78 is 5.72. The number of amides is 1.